The Kier molecular flexibility index (Phi) is 5.94. The SMILES string of the molecule is Cc1cccc(OC[C@@H](O)CNC(=O)Nc2ccccc2F)c1. The first-order valence-electron chi connectivity index (χ1n) is 7.21. The number of hydrogen-bond acceptors (Lipinski definition) is 3. The predicted octanol–water partition coefficient (Wildman–Crippen LogP) is 2.70. The number of aliphatic hydroxyl groups excluding tert-OH is 1. The van der Waals surface area contributed by atoms with Crippen molar-refractivity contribution in [3.05, 3.63) is 59.9 Å². The van der Waals surface area contributed by atoms with Crippen LogP contribution in [0.25, 0.3) is 0 Å². The molecule has 0 bridgehead atoms. The van der Waals surface area contributed by atoms with Crippen LogP contribution in [0.4, 0.5) is 14.9 Å². The Balaban J connectivity index is 1.72. The van der Waals surface area contributed by atoms with Crippen LogP contribution in [-0.2, 0) is 0 Å². The van der Waals surface area contributed by atoms with Crippen LogP contribution in [0.3, 0.4) is 0 Å². The Morgan fingerprint density at radius 1 is 1.26 bits per heavy atom. The van der Waals surface area contributed by atoms with Crippen molar-refractivity contribution in [1.29, 1.82) is 0 Å². The second-order valence-corrected chi connectivity index (χ2v) is 5.10. The molecule has 0 aliphatic carbocycles. The van der Waals surface area contributed by atoms with E-state index in [2.05, 4.69) is 10.6 Å². The third kappa shape index (κ3) is 5.60. The van der Waals surface area contributed by atoms with Crippen molar-refractivity contribution in [3.8, 4) is 5.75 Å². The molecular weight excluding hydrogens is 299 g/mol. The zero-order valence-electron chi connectivity index (χ0n) is 12.8. The Morgan fingerprint density at radius 2 is 2.04 bits per heavy atom. The molecule has 0 radical (unpaired) electrons. The molecule has 0 aromatic heterocycles. The Bertz CT molecular complexity index is 664. The minimum absolute atomic E-state index is 0.00784. The molecule has 122 valence electrons. The van der Waals surface area contributed by atoms with Crippen LogP contribution in [-0.4, -0.2) is 30.4 Å². The number of anilines is 1. The minimum atomic E-state index is -0.873. The van der Waals surface area contributed by atoms with Gasteiger partial charge in [0, 0.05) is 6.54 Å². The molecule has 0 heterocycles. The highest BCUT2D eigenvalue weighted by atomic mass is 19.1. The lowest BCUT2D eigenvalue weighted by Gasteiger charge is -2.14. The van der Waals surface area contributed by atoms with E-state index in [1.807, 2.05) is 25.1 Å². The maximum absolute atomic E-state index is 13.4. The highest BCUT2D eigenvalue weighted by Gasteiger charge is 2.09. The number of urea groups is 1. The number of aliphatic hydroxyl groups is 1. The van der Waals surface area contributed by atoms with Gasteiger partial charge in [-0.25, -0.2) is 9.18 Å². The van der Waals surface area contributed by atoms with E-state index >= 15 is 0 Å². The smallest absolute Gasteiger partial charge is 0.319 e. The van der Waals surface area contributed by atoms with Gasteiger partial charge in [0.15, 0.2) is 0 Å². The van der Waals surface area contributed by atoms with E-state index in [4.69, 9.17) is 4.74 Å². The van der Waals surface area contributed by atoms with Crippen molar-refractivity contribution in [3.63, 3.8) is 0 Å². The van der Waals surface area contributed by atoms with E-state index in [9.17, 15) is 14.3 Å². The molecule has 2 amide bonds. The third-order valence-corrected chi connectivity index (χ3v) is 3.05. The van der Waals surface area contributed by atoms with Crippen molar-refractivity contribution < 1.29 is 19.0 Å². The Morgan fingerprint density at radius 3 is 2.78 bits per heavy atom. The molecule has 0 unspecified atom stereocenters. The van der Waals surface area contributed by atoms with Crippen molar-refractivity contribution in [1.82, 2.24) is 5.32 Å². The number of hydrogen-bond donors (Lipinski definition) is 3. The van der Waals surface area contributed by atoms with Crippen LogP contribution >= 0.6 is 0 Å². The third-order valence-electron chi connectivity index (χ3n) is 3.05. The van der Waals surface area contributed by atoms with Gasteiger partial charge in [-0.05, 0) is 36.8 Å². The normalized spacial score (nSPS) is 11.6. The number of ether oxygens (including phenoxy) is 1. The molecule has 0 aliphatic heterocycles. The summed E-state index contributed by atoms with van der Waals surface area (Å²) < 4.78 is 18.8. The van der Waals surface area contributed by atoms with Gasteiger partial charge < -0.3 is 20.5 Å². The first-order valence-corrected chi connectivity index (χ1v) is 7.21. The highest BCUT2D eigenvalue weighted by Crippen LogP contribution is 2.13. The number of rotatable bonds is 6. The molecule has 1 atom stereocenters. The molecule has 5 nitrogen and oxygen atoms in total. The zero-order valence-corrected chi connectivity index (χ0v) is 12.8. The molecule has 2 rings (SSSR count). The molecular formula is C17H19FN2O3. The lowest BCUT2D eigenvalue weighted by Crippen LogP contribution is -2.37. The standard InChI is InChI=1S/C17H19FN2O3/c1-12-5-4-6-14(9-12)23-11-13(21)10-19-17(22)20-16-8-3-2-7-15(16)18/h2-9,13,21H,10-11H2,1H3,(H2,19,20,22)/t13-/m0/s1. The molecule has 0 spiro atoms. The summed E-state index contributed by atoms with van der Waals surface area (Å²) in [4.78, 5) is 11.6. The zero-order chi connectivity index (χ0) is 16.7. The van der Waals surface area contributed by atoms with Gasteiger partial charge in [0.05, 0.1) is 5.69 Å². The van der Waals surface area contributed by atoms with Gasteiger partial charge in [-0.1, -0.05) is 24.3 Å². The van der Waals surface area contributed by atoms with Crippen LogP contribution < -0.4 is 15.4 Å². The van der Waals surface area contributed by atoms with Crippen molar-refractivity contribution in [2.45, 2.75) is 13.0 Å². The summed E-state index contributed by atoms with van der Waals surface area (Å²) in [6, 6.07) is 12.7. The predicted molar refractivity (Wildman–Crippen MR) is 86.1 cm³/mol. The second kappa shape index (κ2) is 8.14. The number of amides is 2. The molecule has 2 aromatic carbocycles. The number of aryl methyl sites for hydroxylation is 1. The molecule has 0 fully saturated rings. The van der Waals surface area contributed by atoms with Crippen LogP contribution in [0.5, 0.6) is 5.75 Å². The lowest BCUT2D eigenvalue weighted by atomic mass is 10.2. The van der Waals surface area contributed by atoms with Crippen molar-refractivity contribution in [2.24, 2.45) is 0 Å². The number of nitrogens with one attached hydrogen (secondary N) is 2. The Hall–Kier alpha value is -2.60. The molecule has 2 aromatic rings. The van der Waals surface area contributed by atoms with E-state index in [0.29, 0.717) is 5.75 Å². The second-order valence-electron chi connectivity index (χ2n) is 5.10. The van der Waals surface area contributed by atoms with E-state index in [1.165, 1.54) is 18.2 Å². The first kappa shape index (κ1) is 16.8. The van der Waals surface area contributed by atoms with Gasteiger partial charge in [-0.15, -0.1) is 0 Å². The van der Waals surface area contributed by atoms with Gasteiger partial charge >= 0.3 is 6.03 Å². The van der Waals surface area contributed by atoms with Crippen LogP contribution in [0, 0.1) is 12.7 Å². The molecule has 6 heteroatoms. The fourth-order valence-corrected chi connectivity index (χ4v) is 1.90. The maximum Gasteiger partial charge on any atom is 0.319 e. The summed E-state index contributed by atoms with van der Waals surface area (Å²) in [5.74, 6) is 0.130. The van der Waals surface area contributed by atoms with Gasteiger partial charge in [-0.2, -0.15) is 0 Å². The molecule has 3 N–H and O–H groups in total. The van der Waals surface area contributed by atoms with E-state index in [1.54, 1.807) is 12.1 Å². The maximum atomic E-state index is 13.4. The largest absolute Gasteiger partial charge is 0.491 e. The summed E-state index contributed by atoms with van der Waals surface area (Å²) in [6.07, 6.45) is -0.873. The quantitative estimate of drug-likeness (QED) is 0.767. The first-order chi connectivity index (χ1) is 11.0. The Labute approximate surface area is 134 Å². The number of carbonyl (C=O) groups is 1. The summed E-state index contributed by atoms with van der Waals surface area (Å²) >= 11 is 0. The van der Waals surface area contributed by atoms with E-state index in [-0.39, 0.29) is 18.8 Å². The van der Waals surface area contributed by atoms with Crippen LogP contribution in [0.1, 0.15) is 5.56 Å². The topological polar surface area (TPSA) is 70.6 Å². The van der Waals surface area contributed by atoms with Gasteiger partial charge in [-0.3, -0.25) is 0 Å². The number of benzene rings is 2. The van der Waals surface area contributed by atoms with Gasteiger partial charge in [0.25, 0.3) is 0 Å². The van der Waals surface area contributed by atoms with Crippen molar-refractivity contribution in [2.75, 3.05) is 18.5 Å². The molecule has 23 heavy (non-hydrogen) atoms. The number of halogens is 1. The average Bonchev–Trinajstić information content (AvgIpc) is 2.53. The highest BCUT2D eigenvalue weighted by molar-refractivity contribution is 5.89. The van der Waals surface area contributed by atoms with E-state index < -0.39 is 18.0 Å². The van der Waals surface area contributed by atoms with Gasteiger partial charge in [0.2, 0.25) is 0 Å². The molecule has 0 aliphatic rings. The van der Waals surface area contributed by atoms with Crippen LogP contribution in [0.15, 0.2) is 48.5 Å². The molecule has 0 saturated heterocycles. The number of carbonyl (C=O) groups excluding carboxylic acids is 1. The fourth-order valence-electron chi connectivity index (χ4n) is 1.90. The van der Waals surface area contributed by atoms with Crippen molar-refractivity contribution >= 4 is 11.7 Å². The van der Waals surface area contributed by atoms with E-state index in [0.717, 1.165) is 5.56 Å². The fraction of sp³-hybridized carbons (Fsp3) is 0.235. The van der Waals surface area contributed by atoms with Gasteiger partial charge in [0.1, 0.15) is 24.3 Å². The average molecular weight is 318 g/mol. The monoisotopic (exact) mass is 318 g/mol. The molecule has 0 saturated carbocycles. The lowest BCUT2D eigenvalue weighted by molar-refractivity contribution is 0.108. The number of para-hydroxylation sites is 1. The van der Waals surface area contributed by atoms with Crippen LogP contribution in [0.2, 0.25) is 0 Å². The summed E-state index contributed by atoms with van der Waals surface area (Å²) in [6.45, 7) is 1.98. The summed E-state index contributed by atoms with van der Waals surface area (Å²) in [7, 11) is 0. The summed E-state index contributed by atoms with van der Waals surface area (Å²) in [5, 5.41) is 14.6. The minimum Gasteiger partial charge on any atom is -0.491 e. The summed E-state index contributed by atoms with van der Waals surface area (Å²) in [5.41, 5.74) is 1.13.